The molecule has 0 fully saturated rings. The molecule has 0 aromatic heterocycles. The highest BCUT2D eigenvalue weighted by Crippen LogP contribution is 2.69. The van der Waals surface area contributed by atoms with Gasteiger partial charge in [0.15, 0.2) is 7.41 Å². The van der Waals surface area contributed by atoms with Gasteiger partial charge in [0.05, 0.1) is 11.3 Å². The molecule has 0 aliphatic carbocycles. The van der Waals surface area contributed by atoms with Gasteiger partial charge in [-0.05, 0) is 64.8 Å². The van der Waals surface area contributed by atoms with Gasteiger partial charge in [-0.2, -0.15) is 4.58 Å². The Balaban J connectivity index is 2.16. The molecule has 144 valence electrons. The second kappa shape index (κ2) is 7.64. The van der Waals surface area contributed by atoms with E-state index in [1.165, 1.54) is 22.5 Å². The van der Waals surface area contributed by atoms with E-state index in [-0.39, 0.29) is 0 Å². The topological polar surface area (TPSA) is 27.1 Å². The molecular weight excluding hydrogens is 349 g/mol. The molecule has 2 N–H and O–H groups in total. The maximum Gasteiger partial charge on any atom is 0.394 e. The zero-order chi connectivity index (χ0) is 19.8. The number of anilines is 1. The van der Waals surface area contributed by atoms with Crippen molar-refractivity contribution in [3.05, 3.63) is 59.7 Å². The first-order chi connectivity index (χ1) is 12.8. The summed E-state index contributed by atoms with van der Waals surface area (Å²) >= 11 is 0. The summed E-state index contributed by atoms with van der Waals surface area (Å²) in [6.45, 7) is 16.3. The van der Waals surface area contributed by atoms with Gasteiger partial charge in [0.25, 0.3) is 0 Å². The molecule has 0 bridgehead atoms. The van der Waals surface area contributed by atoms with Crippen molar-refractivity contribution in [1.82, 2.24) is 5.09 Å². The number of nitrogens with zero attached hydrogens (tertiary/aromatic N) is 1. The van der Waals surface area contributed by atoms with E-state index in [1.54, 1.807) is 0 Å². The Labute approximate surface area is 165 Å². The summed E-state index contributed by atoms with van der Waals surface area (Å²) < 4.78 is 2.51. The second-order valence-corrected chi connectivity index (χ2v) is 12.9. The molecule has 0 radical (unpaired) electrons. The summed E-state index contributed by atoms with van der Waals surface area (Å²) in [7, 11) is -1.46. The summed E-state index contributed by atoms with van der Waals surface area (Å²) in [6.07, 6.45) is 0. The van der Waals surface area contributed by atoms with Crippen molar-refractivity contribution >= 4 is 24.7 Å². The average Bonchev–Trinajstić information content (AvgIpc) is 2.91. The minimum absolute atomic E-state index is 0.435. The molecule has 0 amide bonds. The predicted octanol–water partition coefficient (Wildman–Crippen LogP) is 6.11. The molecular formula is C23H34N3P+2. The number of nitrogens with one attached hydrogen (secondary N) is 2. The van der Waals surface area contributed by atoms with Gasteiger partial charge in [0.2, 0.25) is 5.78 Å². The zero-order valence-electron chi connectivity index (χ0n) is 17.7. The van der Waals surface area contributed by atoms with Gasteiger partial charge in [-0.3, -0.25) is 0 Å². The van der Waals surface area contributed by atoms with Crippen LogP contribution in [0.2, 0.25) is 0 Å². The standard InChI is InChI=1S/C23H33N3P/c1-16(2)27(17(3)4)20(7)26(22-15-11-9-13-19(22)6)23(25-27)24-21-14-10-8-12-18(21)5/h8-17,20H,1-7H3,(H,24,25)/q+1/p+1/t20-/m1/s1. The van der Waals surface area contributed by atoms with E-state index in [4.69, 9.17) is 0 Å². The van der Waals surface area contributed by atoms with Crippen LogP contribution in [0, 0.1) is 13.8 Å². The second-order valence-electron chi connectivity index (χ2n) is 8.21. The molecule has 3 nitrogen and oxygen atoms in total. The minimum Gasteiger partial charge on any atom is -0.242 e. The Kier molecular flexibility index (Phi) is 5.63. The average molecular weight is 384 g/mol. The first-order valence-electron chi connectivity index (χ1n) is 10.00. The van der Waals surface area contributed by atoms with Gasteiger partial charge >= 0.3 is 5.96 Å². The van der Waals surface area contributed by atoms with Crippen molar-refractivity contribution in [3.8, 4) is 0 Å². The number of benzene rings is 2. The highest BCUT2D eigenvalue weighted by atomic mass is 31.2. The number of hydrogen-bond acceptors (Lipinski definition) is 2. The van der Waals surface area contributed by atoms with E-state index < -0.39 is 7.41 Å². The largest absolute Gasteiger partial charge is 0.394 e. The van der Waals surface area contributed by atoms with Crippen LogP contribution in [0.5, 0.6) is 0 Å². The molecule has 0 unspecified atom stereocenters. The van der Waals surface area contributed by atoms with Gasteiger partial charge in [-0.1, -0.05) is 36.4 Å². The maximum absolute atomic E-state index is 4.05. The molecule has 1 atom stereocenters. The summed E-state index contributed by atoms with van der Waals surface area (Å²) in [6, 6.07) is 17.2. The molecule has 2 aromatic rings. The normalized spacial score (nSPS) is 18.9. The van der Waals surface area contributed by atoms with Crippen LogP contribution in [-0.4, -0.2) is 27.6 Å². The van der Waals surface area contributed by atoms with Gasteiger partial charge in [0, 0.05) is 6.92 Å². The van der Waals surface area contributed by atoms with Crippen LogP contribution in [0.4, 0.5) is 11.4 Å². The quantitative estimate of drug-likeness (QED) is 0.492. The van der Waals surface area contributed by atoms with Gasteiger partial charge in [-0.25, -0.2) is 5.32 Å². The van der Waals surface area contributed by atoms with Crippen molar-refractivity contribution in [2.24, 2.45) is 0 Å². The van der Waals surface area contributed by atoms with E-state index in [0.717, 1.165) is 5.96 Å². The lowest BCUT2D eigenvalue weighted by Gasteiger charge is -2.30. The molecule has 0 spiro atoms. The molecule has 2 aromatic carbocycles. The van der Waals surface area contributed by atoms with Crippen LogP contribution in [0.1, 0.15) is 45.7 Å². The van der Waals surface area contributed by atoms with Crippen LogP contribution in [0.15, 0.2) is 48.5 Å². The molecule has 4 heteroatoms. The molecule has 27 heavy (non-hydrogen) atoms. The third-order valence-corrected chi connectivity index (χ3v) is 11.5. The van der Waals surface area contributed by atoms with Crippen LogP contribution < -0.4 is 10.4 Å². The summed E-state index contributed by atoms with van der Waals surface area (Å²) in [4.78, 5) is 0. The molecule has 0 saturated heterocycles. The summed E-state index contributed by atoms with van der Waals surface area (Å²) in [5, 5.41) is 7.79. The number of rotatable bonds is 4. The van der Waals surface area contributed by atoms with E-state index in [0.29, 0.717) is 17.1 Å². The Morgan fingerprint density at radius 3 is 2.00 bits per heavy atom. The van der Waals surface area contributed by atoms with E-state index in [9.17, 15) is 0 Å². The van der Waals surface area contributed by atoms with Crippen LogP contribution in [0.25, 0.3) is 0 Å². The monoisotopic (exact) mass is 383 g/mol. The SMILES string of the molecule is Cc1ccccc1NC1=[N+](c2ccccc2C)[C@@H](C)[P+](C(C)C)(C(C)C)N1. The Morgan fingerprint density at radius 2 is 1.44 bits per heavy atom. The van der Waals surface area contributed by atoms with Crippen molar-refractivity contribution in [2.45, 2.75) is 65.6 Å². The lowest BCUT2D eigenvalue weighted by molar-refractivity contribution is -0.452. The van der Waals surface area contributed by atoms with Crippen molar-refractivity contribution in [2.75, 3.05) is 5.32 Å². The Hall–Kier alpha value is -1.86. The number of aryl methyl sites for hydroxylation is 2. The highest BCUT2D eigenvalue weighted by Gasteiger charge is 2.62. The van der Waals surface area contributed by atoms with Crippen LogP contribution >= 0.6 is 7.41 Å². The van der Waals surface area contributed by atoms with Gasteiger partial charge < -0.3 is 0 Å². The highest BCUT2D eigenvalue weighted by molar-refractivity contribution is 7.76. The van der Waals surface area contributed by atoms with Gasteiger partial charge in [-0.15, -0.1) is 5.09 Å². The van der Waals surface area contributed by atoms with Crippen molar-refractivity contribution in [3.63, 3.8) is 0 Å². The van der Waals surface area contributed by atoms with Crippen LogP contribution in [0.3, 0.4) is 0 Å². The number of hydrogen-bond donors (Lipinski definition) is 2. The number of guanidine groups is 1. The molecule has 3 rings (SSSR count). The van der Waals surface area contributed by atoms with Gasteiger partial charge in [0.1, 0.15) is 11.4 Å². The lowest BCUT2D eigenvalue weighted by atomic mass is 10.2. The van der Waals surface area contributed by atoms with Crippen molar-refractivity contribution in [1.29, 1.82) is 0 Å². The smallest absolute Gasteiger partial charge is 0.242 e. The van der Waals surface area contributed by atoms with E-state index in [1.807, 2.05) is 0 Å². The third-order valence-electron chi connectivity index (χ3n) is 6.01. The fourth-order valence-electron chi connectivity index (χ4n) is 4.51. The summed E-state index contributed by atoms with van der Waals surface area (Å²) in [5.74, 6) is 1.56. The lowest BCUT2D eigenvalue weighted by Crippen LogP contribution is -2.34. The summed E-state index contributed by atoms with van der Waals surface area (Å²) in [5.41, 5.74) is 6.23. The first kappa shape index (κ1) is 19.9. The predicted molar refractivity (Wildman–Crippen MR) is 121 cm³/mol. The Bertz CT molecular complexity index is 846. The molecule has 0 saturated carbocycles. The van der Waals surface area contributed by atoms with E-state index in [2.05, 4.69) is 112 Å². The fraction of sp³-hybridized carbons (Fsp3) is 0.435. The third kappa shape index (κ3) is 3.38. The maximum atomic E-state index is 4.05. The first-order valence-corrected chi connectivity index (χ1v) is 12.0. The molecule has 1 heterocycles. The van der Waals surface area contributed by atoms with Crippen LogP contribution in [-0.2, 0) is 0 Å². The number of para-hydroxylation sites is 2. The minimum atomic E-state index is -1.46. The fourth-order valence-corrected chi connectivity index (χ4v) is 9.28. The van der Waals surface area contributed by atoms with E-state index >= 15 is 0 Å². The Morgan fingerprint density at radius 1 is 0.889 bits per heavy atom. The van der Waals surface area contributed by atoms with Crippen molar-refractivity contribution < 1.29 is 4.58 Å². The molecule has 1 aliphatic heterocycles. The zero-order valence-corrected chi connectivity index (χ0v) is 18.6. The molecule has 1 aliphatic rings.